The zero-order valence-electron chi connectivity index (χ0n) is 16.1. The molecule has 30 heavy (non-hydrogen) atoms. The highest BCUT2D eigenvalue weighted by atomic mass is 16.1. The Kier molecular flexibility index (Phi) is 4.09. The molecule has 1 fully saturated rings. The third kappa shape index (κ3) is 2.74. The van der Waals surface area contributed by atoms with Crippen LogP contribution in [0.4, 0.5) is 11.6 Å². The minimum Gasteiger partial charge on any atom is -0.398 e. The fraction of sp³-hybridized carbons (Fsp3) is 0.190. The summed E-state index contributed by atoms with van der Waals surface area (Å²) in [6, 6.07) is 7.16. The highest BCUT2D eigenvalue weighted by molar-refractivity contribution is 6.20. The molecule has 4 aromatic rings. The maximum atomic E-state index is 12.2. The van der Waals surface area contributed by atoms with Gasteiger partial charge in [0.15, 0.2) is 5.69 Å². The molecule has 0 spiro atoms. The molecular weight excluding hydrogens is 380 g/mol. The monoisotopic (exact) mass is 400 g/mol. The number of rotatable bonds is 4. The summed E-state index contributed by atoms with van der Waals surface area (Å²) in [6.07, 6.45) is 5.15. The van der Waals surface area contributed by atoms with E-state index in [1.54, 1.807) is 18.3 Å². The van der Waals surface area contributed by atoms with Gasteiger partial charge >= 0.3 is 0 Å². The molecule has 5 rings (SSSR count). The number of fused-ring (bicyclic) bond motifs is 3. The number of carbonyl (C=O) groups is 1. The number of aromatic amines is 1. The summed E-state index contributed by atoms with van der Waals surface area (Å²) in [4.78, 5) is 31.1. The van der Waals surface area contributed by atoms with E-state index >= 15 is 0 Å². The lowest BCUT2D eigenvalue weighted by Crippen LogP contribution is -2.20. The topological polar surface area (TPSA) is 151 Å². The molecule has 9 nitrogen and oxygen atoms in total. The van der Waals surface area contributed by atoms with Gasteiger partial charge in [0.2, 0.25) is 5.95 Å². The number of carbonyl (C=O) groups excluding carboxylic acids is 1. The van der Waals surface area contributed by atoms with E-state index in [1.807, 2.05) is 12.1 Å². The highest BCUT2D eigenvalue weighted by Crippen LogP contribution is 2.34. The maximum absolute atomic E-state index is 12.2. The van der Waals surface area contributed by atoms with Gasteiger partial charge in [-0.05, 0) is 37.1 Å². The van der Waals surface area contributed by atoms with Crippen LogP contribution in [0.3, 0.4) is 0 Å². The normalized spacial score (nSPS) is 13.9. The van der Waals surface area contributed by atoms with Crippen molar-refractivity contribution in [3.63, 3.8) is 0 Å². The highest BCUT2D eigenvalue weighted by Gasteiger charge is 2.20. The minimum atomic E-state index is -0.647. The maximum Gasteiger partial charge on any atom is 0.269 e. The fourth-order valence-electron chi connectivity index (χ4n) is 4.06. The van der Waals surface area contributed by atoms with Crippen LogP contribution in [0.1, 0.15) is 28.9 Å². The van der Waals surface area contributed by atoms with Crippen molar-refractivity contribution in [3.8, 4) is 11.4 Å². The number of pyridine rings is 1. The number of nitrogen functional groups attached to an aromatic ring is 1. The summed E-state index contributed by atoms with van der Waals surface area (Å²) in [5.41, 5.74) is 15.3. The molecule has 150 valence electrons. The molecule has 0 saturated carbocycles. The first kappa shape index (κ1) is 18.0. The number of primary amides is 1. The quantitative estimate of drug-likeness (QED) is 0.305. The molecule has 1 aliphatic rings. The van der Waals surface area contributed by atoms with Crippen LogP contribution in [-0.2, 0) is 0 Å². The predicted molar refractivity (Wildman–Crippen MR) is 117 cm³/mol. The van der Waals surface area contributed by atoms with Crippen molar-refractivity contribution in [2.75, 3.05) is 23.7 Å². The van der Waals surface area contributed by atoms with E-state index in [0.717, 1.165) is 42.2 Å². The number of nitrogens with two attached hydrogens (primary N) is 2. The van der Waals surface area contributed by atoms with Crippen molar-refractivity contribution >= 4 is 45.6 Å². The van der Waals surface area contributed by atoms with Crippen LogP contribution in [0.2, 0.25) is 0 Å². The molecule has 1 aromatic carbocycles. The first-order chi connectivity index (χ1) is 14.6. The number of amides is 1. The van der Waals surface area contributed by atoms with Crippen molar-refractivity contribution in [2.45, 2.75) is 12.8 Å². The van der Waals surface area contributed by atoms with Gasteiger partial charge in [0.1, 0.15) is 0 Å². The van der Waals surface area contributed by atoms with E-state index in [4.69, 9.17) is 16.9 Å². The molecule has 0 atom stereocenters. The lowest BCUT2D eigenvalue weighted by atomic mass is 10.0. The standard InChI is InChI=1S/C21H20N8O/c22-10-12-13(23)3-4-15-17(12)11-9-16(27-19(20(24)30)18(11)26-15)14-5-6-25-21(28-14)29-7-1-2-8-29/h3-6,9-10,22,26H,1-2,7-8,23H2,(H2,24,30). The molecule has 0 unspecified atom stereocenters. The third-order valence-electron chi connectivity index (χ3n) is 5.50. The van der Waals surface area contributed by atoms with Crippen LogP contribution < -0.4 is 16.4 Å². The van der Waals surface area contributed by atoms with Crippen molar-refractivity contribution in [3.05, 3.63) is 41.7 Å². The number of hydrogen-bond donors (Lipinski definition) is 4. The molecule has 3 aromatic heterocycles. The van der Waals surface area contributed by atoms with Gasteiger partial charge in [0.25, 0.3) is 5.91 Å². The summed E-state index contributed by atoms with van der Waals surface area (Å²) < 4.78 is 0. The summed E-state index contributed by atoms with van der Waals surface area (Å²) in [5, 5.41) is 9.28. The Labute approximate surface area is 171 Å². The van der Waals surface area contributed by atoms with E-state index in [9.17, 15) is 4.79 Å². The third-order valence-corrected chi connectivity index (χ3v) is 5.50. The SMILES string of the molecule is N=Cc1c(N)ccc2[nH]c3c(C(N)=O)nc(-c4ccnc(N5CCCC5)n4)cc3c12. The Bertz CT molecular complexity index is 1320. The molecule has 4 heterocycles. The number of benzene rings is 1. The molecule has 1 amide bonds. The Morgan fingerprint density at radius 1 is 1.17 bits per heavy atom. The van der Waals surface area contributed by atoms with Gasteiger partial charge in [-0.2, -0.15) is 0 Å². The van der Waals surface area contributed by atoms with Crippen molar-refractivity contribution in [1.29, 1.82) is 5.41 Å². The second kappa shape index (κ2) is 6.80. The smallest absolute Gasteiger partial charge is 0.269 e. The lowest BCUT2D eigenvalue weighted by Gasteiger charge is -2.15. The predicted octanol–water partition coefficient (Wildman–Crippen LogP) is 2.45. The molecule has 0 bridgehead atoms. The van der Waals surface area contributed by atoms with Gasteiger partial charge in [-0.1, -0.05) is 0 Å². The molecule has 0 radical (unpaired) electrons. The summed E-state index contributed by atoms with van der Waals surface area (Å²) in [5.74, 6) is 0.00229. The first-order valence-electron chi connectivity index (χ1n) is 9.70. The Morgan fingerprint density at radius 3 is 2.70 bits per heavy atom. The van der Waals surface area contributed by atoms with Gasteiger partial charge in [-0.15, -0.1) is 0 Å². The van der Waals surface area contributed by atoms with Crippen LogP contribution >= 0.6 is 0 Å². The number of H-pyrrole nitrogens is 1. The van der Waals surface area contributed by atoms with Crippen LogP contribution in [0.15, 0.2) is 30.5 Å². The Morgan fingerprint density at radius 2 is 1.97 bits per heavy atom. The van der Waals surface area contributed by atoms with E-state index < -0.39 is 5.91 Å². The van der Waals surface area contributed by atoms with Gasteiger partial charge in [-0.25, -0.2) is 15.0 Å². The average molecular weight is 400 g/mol. The van der Waals surface area contributed by atoms with Gasteiger partial charge < -0.3 is 26.8 Å². The second-order valence-corrected chi connectivity index (χ2v) is 7.34. The van der Waals surface area contributed by atoms with Crippen LogP contribution in [-0.4, -0.2) is 45.1 Å². The van der Waals surface area contributed by atoms with Crippen LogP contribution in [0.25, 0.3) is 33.2 Å². The number of hydrogen-bond acceptors (Lipinski definition) is 7. The molecule has 6 N–H and O–H groups in total. The lowest BCUT2D eigenvalue weighted by molar-refractivity contribution is 0.0997. The average Bonchev–Trinajstić information content (AvgIpc) is 3.41. The molecule has 9 heteroatoms. The van der Waals surface area contributed by atoms with E-state index in [2.05, 4.69) is 24.8 Å². The zero-order chi connectivity index (χ0) is 20.8. The number of nitrogens with zero attached hydrogens (tertiary/aromatic N) is 4. The molecule has 1 saturated heterocycles. The summed E-state index contributed by atoms with van der Waals surface area (Å²) in [7, 11) is 0. The van der Waals surface area contributed by atoms with Gasteiger partial charge in [0, 0.05) is 53.0 Å². The Balaban J connectivity index is 1.78. The Hall–Kier alpha value is -4.01. The first-order valence-corrected chi connectivity index (χ1v) is 9.70. The van der Waals surface area contributed by atoms with Crippen molar-refractivity contribution in [2.24, 2.45) is 5.73 Å². The van der Waals surface area contributed by atoms with Crippen LogP contribution in [0, 0.1) is 5.41 Å². The zero-order valence-corrected chi connectivity index (χ0v) is 16.1. The molecular formula is C21H20N8O. The number of aromatic nitrogens is 4. The van der Waals surface area contributed by atoms with Crippen molar-refractivity contribution < 1.29 is 4.79 Å². The molecule has 0 aliphatic carbocycles. The summed E-state index contributed by atoms with van der Waals surface area (Å²) >= 11 is 0. The van der Waals surface area contributed by atoms with Crippen LogP contribution in [0.5, 0.6) is 0 Å². The summed E-state index contributed by atoms with van der Waals surface area (Å²) in [6.45, 7) is 1.85. The van der Waals surface area contributed by atoms with E-state index in [0.29, 0.717) is 34.1 Å². The van der Waals surface area contributed by atoms with Gasteiger partial charge in [-0.3, -0.25) is 4.79 Å². The number of nitrogens with one attached hydrogen (secondary N) is 2. The second-order valence-electron chi connectivity index (χ2n) is 7.34. The van der Waals surface area contributed by atoms with Crippen molar-refractivity contribution in [1.82, 2.24) is 19.9 Å². The molecule has 1 aliphatic heterocycles. The number of anilines is 2. The fourth-order valence-corrected chi connectivity index (χ4v) is 4.06. The minimum absolute atomic E-state index is 0.120. The van der Waals surface area contributed by atoms with E-state index in [1.165, 1.54) is 6.21 Å². The largest absolute Gasteiger partial charge is 0.398 e. The van der Waals surface area contributed by atoms with E-state index in [-0.39, 0.29) is 5.69 Å². The van der Waals surface area contributed by atoms with Gasteiger partial charge in [0.05, 0.1) is 16.9 Å².